The van der Waals surface area contributed by atoms with E-state index in [9.17, 15) is 0 Å². The van der Waals surface area contributed by atoms with Gasteiger partial charge in [-0.2, -0.15) is 0 Å². The van der Waals surface area contributed by atoms with Gasteiger partial charge in [-0.15, -0.1) is 0 Å². The highest BCUT2D eigenvalue weighted by Gasteiger charge is 2.35. The zero-order valence-electron chi connectivity index (χ0n) is 18.7. The highest BCUT2D eigenvalue weighted by molar-refractivity contribution is 5.80. The van der Waals surface area contributed by atoms with E-state index in [4.69, 9.17) is 9.73 Å². The van der Waals surface area contributed by atoms with Gasteiger partial charge in [0.05, 0.1) is 6.54 Å². The zero-order valence-corrected chi connectivity index (χ0v) is 18.7. The summed E-state index contributed by atoms with van der Waals surface area (Å²) >= 11 is 0. The molecule has 0 spiro atoms. The van der Waals surface area contributed by atoms with Crippen LogP contribution in [-0.2, 0) is 11.3 Å². The van der Waals surface area contributed by atoms with E-state index in [2.05, 4.69) is 78.7 Å². The Morgan fingerprint density at radius 2 is 1.97 bits per heavy atom. The molecule has 29 heavy (non-hydrogen) atoms. The lowest BCUT2D eigenvalue weighted by Crippen LogP contribution is -2.52. The Balaban J connectivity index is 1.60. The van der Waals surface area contributed by atoms with Crippen LogP contribution >= 0.6 is 0 Å². The van der Waals surface area contributed by atoms with Gasteiger partial charge in [0.1, 0.15) is 0 Å². The number of aliphatic imine (C=N–C) groups is 1. The molecule has 1 aromatic rings. The second-order valence-corrected chi connectivity index (χ2v) is 8.77. The number of likely N-dealkylation sites (tertiary alicyclic amines) is 1. The summed E-state index contributed by atoms with van der Waals surface area (Å²) in [6, 6.07) is 11.8. The summed E-state index contributed by atoms with van der Waals surface area (Å²) in [5, 5.41) is 7.16. The molecule has 2 fully saturated rings. The van der Waals surface area contributed by atoms with Gasteiger partial charge in [0.25, 0.3) is 0 Å². The predicted molar refractivity (Wildman–Crippen MR) is 120 cm³/mol. The Labute approximate surface area is 176 Å². The van der Waals surface area contributed by atoms with Gasteiger partial charge in [0.15, 0.2) is 5.96 Å². The van der Waals surface area contributed by atoms with Crippen molar-refractivity contribution >= 4 is 5.96 Å². The number of nitrogens with zero attached hydrogens (tertiary/aromatic N) is 3. The topological polar surface area (TPSA) is 52.1 Å². The van der Waals surface area contributed by atoms with E-state index in [1.54, 1.807) is 0 Å². The second kappa shape index (κ2) is 10.4. The molecular weight excluding hydrogens is 362 g/mol. The van der Waals surface area contributed by atoms with Crippen molar-refractivity contribution < 1.29 is 4.74 Å². The Hall–Kier alpha value is -1.63. The molecule has 2 saturated heterocycles. The van der Waals surface area contributed by atoms with Crippen LogP contribution in [0.15, 0.2) is 35.3 Å². The molecule has 162 valence electrons. The van der Waals surface area contributed by atoms with Crippen LogP contribution in [0.4, 0.5) is 0 Å². The molecular formula is C23H39N5O. The van der Waals surface area contributed by atoms with Crippen LogP contribution in [0.1, 0.15) is 38.7 Å². The number of ether oxygens (including phenoxy) is 1. The summed E-state index contributed by atoms with van der Waals surface area (Å²) in [6.07, 6.45) is 3.21. The minimum absolute atomic E-state index is 0.100. The minimum Gasteiger partial charge on any atom is -0.381 e. The number of guanidine groups is 1. The molecule has 0 saturated carbocycles. The van der Waals surface area contributed by atoms with Crippen molar-refractivity contribution in [3.05, 3.63) is 35.9 Å². The maximum absolute atomic E-state index is 5.60. The Morgan fingerprint density at radius 1 is 1.24 bits per heavy atom. The molecule has 0 amide bonds. The summed E-state index contributed by atoms with van der Waals surface area (Å²) in [7, 11) is 4.34. The van der Waals surface area contributed by atoms with Crippen LogP contribution in [-0.4, -0.2) is 80.3 Å². The van der Waals surface area contributed by atoms with Crippen LogP contribution in [0.2, 0.25) is 0 Å². The van der Waals surface area contributed by atoms with Crippen LogP contribution < -0.4 is 10.6 Å². The second-order valence-electron chi connectivity index (χ2n) is 8.77. The van der Waals surface area contributed by atoms with Crippen molar-refractivity contribution in [1.82, 2.24) is 20.4 Å². The number of hydrogen-bond acceptors (Lipinski definition) is 4. The highest BCUT2D eigenvalue weighted by Crippen LogP contribution is 2.26. The number of rotatable bonds is 7. The van der Waals surface area contributed by atoms with Crippen molar-refractivity contribution in [1.29, 1.82) is 0 Å². The quantitative estimate of drug-likeness (QED) is 0.542. The summed E-state index contributed by atoms with van der Waals surface area (Å²) in [5.74, 6) is 0.943. The standard InChI is InChI=1S/C23H39N5O/c1-5-24-22(25-18-23(27(3)4)11-13-29-14-12-23)26-21-15-19(2)28(17-21)16-20-9-7-6-8-10-20/h6-10,19,21H,5,11-18H2,1-4H3,(H2,24,25,26). The maximum atomic E-state index is 5.60. The first-order chi connectivity index (χ1) is 14.0. The zero-order chi connectivity index (χ0) is 20.7. The summed E-state index contributed by atoms with van der Waals surface area (Å²) in [4.78, 5) is 9.91. The van der Waals surface area contributed by atoms with Crippen LogP contribution in [0.3, 0.4) is 0 Å². The SMILES string of the molecule is CCNC(=NCC1(N(C)C)CCOCC1)NC1CC(C)N(Cc2ccccc2)C1. The van der Waals surface area contributed by atoms with E-state index < -0.39 is 0 Å². The molecule has 6 heteroatoms. The van der Waals surface area contributed by atoms with E-state index in [-0.39, 0.29) is 5.54 Å². The van der Waals surface area contributed by atoms with E-state index in [0.717, 1.165) is 64.6 Å². The third-order valence-electron chi connectivity index (χ3n) is 6.52. The smallest absolute Gasteiger partial charge is 0.191 e. The fourth-order valence-corrected chi connectivity index (χ4v) is 4.48. The van der Waals surface area contributed by atoms with Crippen molar-refractivity contribution in [2.45, 2.75) is 57.3 Å². The lowest BCUT2D eigenvalue weighted by molar-refractivity contribution is -0.00255. The lowest BCUT2D eigenvalue weighted by atomic mass is 9.89. The molecule has 2 atom stereocenters. The monoisotopic (exact) mass is 401 g/mol. The fraction of sp³-hybridized carbons (Fsp3) is 0.696. The Bertz CT molecular complexity index is 642. The summed E-state index contributed by atoms with van der Waals surface area (Å²) in [5.41, 5.74) is 1.48. The van der Waals surface area contributed by atoms with Crippen LogP contribution in [0, 0.1) is 0 Å². The fourth-order valence-electron chi connectivity index (χ4n) is 4.48. The maximum Gasteiger partial charge on any atom is 0.191 e. The number of benzene rings is 1. The average molecular weight is 402 g/mol. The molecule has 2 aliphatic rings. The van der Waals surface area contributed by atoms with Gasteiger partial charge >= 0.3 is 0 Å². The van der Waals surface area contributed by atoms with Crippen LogP contribution in [0.5, 0.6) is 0 Å². The molecule has 0 aromatic heterocycles. The molecule has 2 N–H and O–H groups in total. The van der Waals surface area contributed by atoms with Gasteiger partial charge in [-0.1, -0.05) is 30.3 Å². The molecule has 0 aliphatic carbocycles. The lowest BCUT2D eigenvalue weighted by Gasteiger charge is -2.41. The van der Waals surface area contributed by atoms with Gasteiger partial charge in [-0.05, 0) is 52.8 Å². The normalized spacial score (nSPS) is 25.3. The van der Waals surface area contributed by atoms with Crippen molar-refractivity contribution in [2.24, 2.45) is 4.99 Å². The number of likely N-dealkylation sites (N-methyl/N-ethyl adjacent to an activating group) is 1. The molecule has 2 heterocycles. The van der Waals surface area contributed by atoms with Gasteiger partial charge in [-0.3, -0.25) is 9.89 Å². The van der Waals surface area contributed by atoms with Gasteiger partial charge < -0.3 is 20.3 Å². The van der Waals surface area contributed by atoms with E-state index in [1.165, 1.54) is 5.56 Å². The highest BCUT2D eigenvalue weighted by atomic mass is 16.5. The first-order valence-corrected chi connectivity index (χ1v) is 11.1. The van der Waals surface area contributed by atoms with Gasteiger partial charge in [-0.25, -0.2) is 0 Å². The molecule has 2 unspecified atom stereocenters. The molecule has 0 radical (unpaired) electrons. The third-order valence-corrected chi connectivity index (χ3v) is 6.52. The number of hydrogen-bond donors (Lipinski definition) is 2. The van der Waals surface area contributed by atoms with Crippen molar-refractivity contribution in [3.8, 4) is 0 Å². The molecule has 6 nitrogen and oxygen atoms in total. The summed E-state index contributed by atoms with van der Waals surface area (Å²) in [6.45, 7) is 9.85. The first kappa shape index (κ1) is 22.1. The molecule has 2 aliphatic heterocycles. The van der Waals surface area contributed by atoms with Crippen molar-refractivity contribution in [3.63, 3.8) is 0 Å². The van der Waals surface area contributed by atoms with Crippen molar-refractivity contribution in [2.75, 3.05) is 46.9 Å². The van der Waals surface area contributed by atoms with E-state index in [1.807, 2.05) is 0 Å². The third kappa shape index (κ3) is 5.93. The van der Waals surface area contributed by atoms with Gasteiger partial charge in [0.2, 0.25) is 0 Å². The Kier molecular flexibility index (Phi) is 7.92. The number of nitrogens with one attached hydrogen (secondary N) is 2. The van der Waals surface area contributed by atoms with E-state index in [0.29, 0.717) is 12.1 Å². The van der Waals surface area contributed by atoms with Gasteiger partial charge in [0, 0.05) is 50.5 Å². The Morgan fingerprint density at radius 3 is 2.62 bits per heavy atom. The minimum atomic E-state index is 0.100. The first-order valence-electron chi connectivity index (χ1n) is 11.1. The predicted octanol–water partition coefficient (Wildman–Crippen LogP) is 2.32. The molecule has 3 rings (SSSR count). The summed E-state index contributed by atoms with van der Waals surface area (Å²) < 4.78 is 5.60. The molecule has 0 bridgehead atoms. The largest absolute Gasteiger partial charge is 0.381 e. The molecule has 1 aromatic carbocycles. The van der Waals surface area contributed by atoms with Crippen LogP contribution in [0.25, 0.3) is 0 Å². The van der Waals surface area contributed by atoms with E-state index >= 15 is 0 Å². The average Bonchev–Trinajstić information content (AvgIpc) is 3.06.